The van der Waals surface area contributed by atoms with Gasteiger partial charge in [-0.1, -0.05) is 6.92 Å². The second-order valence-electron chi connectivity index (χ2n) is 4.94. The van der Waals surface area contributed by atoms with Crippen LogP contribution in [0.25, 0.3) is 0 Å². The van der Waals surface area contributed by atoms with E-state index in [1.165, 1.54) is 12.8 Å². The molecule has 1 aliphatic heterocycles. The molecule has 1 saturated carbocycles. The summed E-state index contributed by atoms with van der Waals surface area (Å²) in [5, 5.41) is 8.80. The summed E-state index contributed by atoms with van der Waals surface area (Å²) >= 11 is 0. The lowest BCUT2D eigenvalue weighted by Crippen LogP contribution is -2.47. The zero-order valence-corrected chi connectivity index (χ0v) is 9.54. The molecule has 84 valence electrons. The maximum atomic E-state index is 8.80. The Bertz CT molecular complexity index is 255. The van der Waals surface area contributed by atoms with Crippen LogP contribution in [-0.2, 0) is 4.74 Å². The highest BCUT2D eigenvalue weighted by molar-refractivity contribution is 5.02. The van der Waals surface area contributed by atoms with Gasteiger partial charge in [0.05, 0.1) is 19.3 Å². The van der Waals surface area contributed by atoms with Gasteiger partial charge in [0.15, 0.2) is 0 Å². The van der Waals surface area contributed by atoms with Gasteiger partial charge in [-0.2, -0.15) is 5.26 Å². The van der Waals surface area contributed by atoms with E-state index < -0.39 is 0 Å². The zero-order valence-electron chi connectivity index (χ0n) is 9.54. The highest BCUT2D eigenvalue weighted by Gasteiger charge is 2.44. The SMILES string of the molecule is CCC1COCCN1CC1(CC#N)CC1. The van der Waals surface area contributed by atoms with Crippen molar-refractivity contribution < 1.29 is 4.74 Å². The van der Waals surface area contributed by atoms with Crippen molar-refractivity contribution in [3.63, 3.8) is 0 Å². The molecule has 3 heteroatoms. The third kappa shape index (κ3) is 2.50. The Morgan fingerprint density at radius 2 is 2.33 bits per heavy atom. The van der Waals surface area contributed by atoms with Crippen molar-refractivity contribution in [2.24, 2.45) is 5.41 Å². The minimum atomic E-state index is 0.347. The van der Waals surface area contributed by atoms with E-state index in [4.69, 9.17) is 10.00 Å². The summed E-state index contributed by atoms with van der Waals surface area (Å²) < 4.78 is 5.49. The molecule has 0 bridgehead atoms. The molecule has 0 aromatic rings. The molecule has 1 heterocycles. The number of rotatable bonds is 4. The first-order valence-corrected chi connectivity index (χ1v) is 5.98. The zero-order chi connectivity index (χ0) is 10.7. The molecule has 0 amide bonds. The lowest BCUT2D eigenvalue weighted by Gasteiger charge is -2.37. The van der Waals surface area contributed by atoms with Crippen molar-refractivity contribution in [1.82, 2.24) is 4.90 Å². The summed E-state index contributed by atoms with van der Waals surface area (Å²) in [6.07, 6.45) is 4.38. The number of nitrogens with zero attached hydrogens (tertiary/aromatic N) is 2. The Morgan fingerprint density at radius 1 is 1.53 bits per heavy atom. The molecule has 2 aliphatic rings. The number of morpholine rings is 1. The van der Waals surface area contributed by atoms with E-state index in [2.05, 4.69) is 17.9 Å². The van der Waals surface area contributed by atoms with Crippen molar-refractivity contribution >= 4 is 0 Å². The van der Waals surface area contributed by atoms with Gasteiger partial charge in [0.2, 0.25) is 0 Å². The number of hydrogen-bond donors (Lipinski definition) is 0. The Kier molecular flexibility index (Phi) is 3.28. The fourth-order valence-electron chi connectivity index (χ4n) is 2.44. The fourth-order valence-corrected chi connectivity index (χ4v) is 2.44. The van der Waals surface area contributed by atoms with E-state index in [-0.39, 0.29) is 0 Å². The standard InChI is InChI=1S/C12H20N2O/c1-2-11-9-15-8-7-14(11)10-12(3-4-12)5-6-13/h11H,2-5,7-10H2,1H3. The lowest BCUT2D eigenvalue weighted by atomic mass is 10.0. The van der Waals surface area contributed by atoms with Crippen molar-refractivity contribution in [2.45, 2.75) is 38.6 Å². The van der Waals surface area contributed by atoms with E-state index in [1.807, 2.05) is 0 Å². The van der Waals surface area contributed by atoms with Crippen molar-refractivity contribution in [3.8, 4) is 6.07 Å². The van der Waals surface area contributed by atoms with Crippen LogP contribution in [0.15, 0.2) is 0 Å². The summed E-state index contributed by atoms with van der Waals surface area (Å²) in [5.41, 5.74) is 0.347. The molecule has 15 heavy (non-hydrogen) atoms. The van der Waals surface area contributed by atoms with Crippen LogP contribution < -0.4 is 0 Å². The van der Waals surface area contributed by atoms with Crippen LogP contribution >= 0.6 is 0 Å². The normalized spacial score (nSPS) is 29.7. The van der Waals surface area contributed by atoms with E-state index >= 15 is 0 Å². The molecule has 1 atom stereocenters. The highest BCUT2D eigenvalue weighted by Crippen LogP contribution is 2.49. The molecule has 2 fully saturated rings. The van der Waals surface area contributed by atoms with Gasteiger partial charge in [-0.05, 0) is 24.7 Å². The number of nitriles is 1. The van der Waals surface area contributed by atoms with E-state index in [0.717, 1.165) is 39.1 Å². The fraction of sp³-hybridized carbons (Fsp3) is 0.917. The molecule has 2 rings (SSSR count). The van der Waals surface area contributed by atoms with Gasteiger partial charge < -0.3 is 4.74 Å². The van der Waals surface area contributed by atoms with E-state index in [0.29, 0.717) is 11.5 Å². The second kappa shape index (κ2) is 4.51. The molecule has 3 nitrogen and oxygen atoms in total. The van der Waals surface area contributed by atoms with Crippen LogP contribution in [0.4, 0.5) is 0 Å². The Labute approximate surface area is 92.0 Å². The van der Waals surface area contributed by atoms with Crippen molar-refractivity contribution in [3.05, 3.63) is 0 Å². The van der Waals surface area contributed by atoms with E-state index in [9.17, 15) is 0 Å². The minimum Gasteiger partial charge on any atom is -0.378 e. The maximum Gasteiger partial charge on any atom is 0.0628 e. The summed E-state index contributed by atoms with van der Waals surface area (Å²) in [4.78, 5) is 2.54. The second-order valence-corrected chi connectivity index (χ2v) is 4.94. The summed E-state index contributed by atoms with van der Waals surface area (Å²) in [5.74, 6) is 0. The Morgan fingerprint density at radius 3 is 2.93 bits per heavy atom. The summed E-state index contributed by atoms with van der Waals surface area (Å²) in [7, 11) is 0. The van der Waals surface area contributed by atoms with Crippen LogP contribution in [0.3, 0.4) is 0 Å². The van der Waals surface area contributed by atoms with E-state index in [1.54, 1.807) is 0 Å². The van der Waals surface area contributed by atoms with Crippen LogP contribution in [0, 0.1) is 16.7 Å². The quantitative estimate of drug-likeness (QED) is 0.706. The molecule has 0 spiro atoms. The first-order valence-electron chi connectivity index (χ1n) is 5.98. The van der Waals surface area contributed by atoms with Gasteiger partial charge >= 0.3 is 0 Å². The highest BCUT2D eigenvalue weighted by atomic mass is 16.5. The van der Waals surface area contributed by atoms with Crippen LogP contribution in [0.5, 0.6) is 0 Å². The summed E-state index contributed by atoms with van der Waals surface area (Å²) in [6, 6.07) is 2.91. The minimum absolute atomic E-state index is 0.347. The third-order valence-electron chi connectivity index (χ3n) is 3.77. The average molecular weight is 208 g/mol. The average Bonchev–Trinajstić information content (AvgIpc) is 2.99. The van der Waals surface area contributed by atoms with Crippen molar-refractivity contribution in [1.29, 1.82) is 5.26 Å². The molecular formula is C12H20N2O. The lowest BCUT2D eigenvalue weighted by molar-refractivity contribution is -0.0172. The molecule has 0 radical (unpaired) electrons. The molecule has 0 aromatic carbocycles. The van der Waals surface area contributed by atoms with Gasteiger partial charge in [-0.15, -0.1) is 0 Å². The van der Waals surface area contributed by atoms with Gasteiger partial charge in [0, 0.05) is 25.6 Å². The first kappa shape index (κ1) is 10.9. The molecular weight excluding hydrogens is 188 g/mol. The van der Waals surface area contributed by atoms with Gasteiger partial charge in [0.25, 0.3) is 0 Å². The van der Waals surface area contributed by atoms with Crippen molar-refractivity contribution in [2.75, 3.05) is 26.3 Å². The smallest absolute Gasteiger partial charge is 0.0628 e. The summed E-state index contributed by atoms with van der Waals surface area (Å²) in [6.45, 7) is 6.11. The molecule has 1 saturated heterocycles. The number of hydrogen-bond acceptors (Lipinski definition) is 3. The topological polar surface area (TPSA) is 36.3 Å². The van der Waals surface area contributed by atoms with Crippen LogP contribution in [0.1, 0.15) is 32.6 Å². The Balaban J connectivity index is 1.89. The largest absolute Gasteiger partial charge is 0.378 e. The van der Waals surface area contributed by atoms with Crippen LogP contribution in [-0.4, -0.2) is 37.2 Å². The van der Waals surface area contributed by atoms with Gasteiger partial charge in [0.1, 0.15) is 0 Å². The first-order chi connectivity index (χ1) is 7.29. The monoisotopic (exact) mass is 208 g/mol. The maximum absolute atomic E-state index is 8.80. The molecule has 1 aliphatic carbocycles. The molecule has 0 N–H and O–H groups in total. The molecule has 1 unspecified atom stereocenters. The number of ether oxygens (including phenoxy) is 1. The third-order valence-corrected chi connectivity index (χ3v) is 3.77. The van der Waals surface area contributed by atoms with Gasteiger partial charge in [-0.3, -0.25) is 4.90 Å². The van der Waals surface area contributed by atoms with Crippen LogP contribution in [0.2, 0.25) is 0 Å². The Hall–Kier alpha value is -0.590. The van der Waals surface area contributed by atoms with Gasteiger partial charge in [-0.25, -0.2) is 0 Å². The predicted octanol–water partition coefficient (Wildman–Crippen LogP) is 1.79. The molecule has 0 aromatic heterocycles. The predicted molar refractivity (Wildman–Crippen MR) is 58.4 cm³/mol.